The van der Waals surface area contributed by atoms with Crippen LogP contribution in [0, 0.1) is 10.8 Å². The quantitative estimate of drug-likeness (QED) is 0.689. The third kappa shape index (κ3) is 0.909. The van der Waals surface area contributed by atoms with Gasteiger partial charge in [-0.05, 0) is 38.1 Å². The molecular weight excluding hydrogens is 166 g/mol. The van der Waals surface area contributed by atoms with E-state index in [0.29, 0.717) is 11.5 Å². The van der Waals surface area contributed by atoms with Crippen molar-refractivity contribution in [2.24, 2.45) is 10.8 Å². The van der Waals surface area contributed by atoms with Crippen molar-refractivity contribution in [2.75, 3.05) is 7.05 Å². The van der Waals surface area contributed by atoms with Crippen LogP contribution in [0.5, 0.6) is 0 Å². The first-order valence-electron chi connectivity index (χ1n) is 4.99. The maximum Gasteiger partial charge on any atom is 0.309 e. The Hall–Kier alpha value is -0.570. The van der Waals surface area contributed by atoms with Gasteiger partial charge >= 0.3 is 5.97 Å². The minimum absolute atomic E-state index is 0.315. The molecule has 74 valence electrons. The SMILES string of the molecule is CC[C@@H](NC)C12CC(C(=O)O)(C1)C2. The average Bonchev–Trinajstić information content (AvgIpc) is 1.91. The third-order valence-electron chi connectivity index (χ3n) is 4.02. The van der Waals surface area contributed by atoms with E-state index in [2.05, 4.69) is 12.2 Å². The Morgan fingerprint density at radius 2 is 2.08 bits per heavy atom. The summed E-state index contributed by atoms with van der Waals surface area (Å²) in [5.41, 5.74) is 0.0200. The zero-order valence-corrected chi connectivity index (χ0v) is 8.26. The molecule has 0 aliphatic heterocycles. The summed E-state index contributed by atoms with van der Waals surface area (Å²) in [5.74, 6) is -0.583. The minimum Gasteiger partial charge on any atom is -0.481 e. The molecule has 0 aromatic heterocycles. The molecule has 3 rings (SSSR count). The van der Waals surface area contributed by atoms with E-state index in [1.165, 1.54) is 0 Å². The van der Waals surface area contributed by atoms with Crippen LogP contribution in [0.1, 0.15) is 32.6 Å². The van der Waals surface area contributed by atoms with E-state index in [4.69, 9.17) is 5.11 Å². The predicted octanol–water partition coefficient (Wildman–Crippen LogP) is 1.24. The number of aliphatic carboxylic acids is 1. The maximum absolute atomic E-state index is 10.9. The molecule has 0 aromatic carbocycles. The summed E-state index contributed by atoms with van der Waals surface area (Å²) in [6, 6.07) is 0.522. The van der Waals surface area contributed by atoms with Gasteiger partial charge in [-0.2, -0.15) is 0 Å². The smallest absolute Gasteiger partial charge is 0.309 e. The summed E-state index contributed by atoms with van der Waals surface area (Å²) in [6.45, 7) is 2.16. The molecule has 3 heteroatoms. The molecular formula is C10H17NO2. The lowest BCUT2D eigenvalue weighted by Crippen LogP contribution is -2.71. The molecule has 3 saturated carbocycles. The molecule has 0 amide bonds. The van der Waals surface area contributed by atoms with Crippen LogP contribution in [0.25, 0.3) is 0 Å². The molecule has 0 saturated heterocycles. The van der Waals surface area contributed by atoms with Crippen LogP contribution in [-0.2, 0) is 4.79 Å². The van der Waals surface area contributed by atoms with Crippen molar-refractivity contribution in [3.05, 3.63) is 0 Å². The van der Waals surface area contributed by atoms with E-state index >= 15 is 0 Å². The second-order valence-electron chi connectivity index (χ2n) is 4.73. The highest BCUT2D eigenvalue weighted by Gasteiger charge is 2.73. The topological polar surface area (TPSA) is 49.3 Å². The fourth-order valence-electron chi connectivity index (χ4n) is 3.41. The van der Waals surface area contributed by atoms with Gasteiger partial charge < -0.3 is 10.4 Å². The summed E-state index contributed by atoms with van der Waals surface area (Å²) in [5, 5.41) is 12.2. The van der Waals surface area contributed by atoms with Crippen LogP contribution in [-0.4, -0.2) is 24.2 Å². The molecule has 2 N–H and O–H groups in total. The first kappa shape index (κ1) is 9.00. The predicted molar refractivity (Wildman–Crippen MR) is 49.5 cm³/mol. The molecule has 3 nitrogen and oxygen atoms in total. The van der Waals surface area contributed by atoms with Crippen LogP contribution in [0.4, 0.5) is 0 Å². The Bertz CT molecular complexity index is 226. The molecule has 13 heavy (non-hydrogen) atoms. The van der Waals surface area contributed by atoms with E-state index in [1.807, 2.05) is 7.05 Å². The van der Waals surface area contributed by atoms with Crippen LogP contribution in [0.2, 0.25) is 0 Å². The van der Waals surface area contributed by atoms with Gasteiger partial charge in [0.25, 0.3) is 0 Å². The van der Waals surface area contributed by atoms with Crippen molar-refractivity contribution >= 4 is 5.97 Å². The van der Waals surface area contributed by atoms with E-state index < -0.39 is 5.97 Å². The van der Waals surface area contributed by atoms with Crippen molar-refractivity contribution in [2.45, 2.75) is 38.6 Å². The van der Waals surface area contributed by atoms with Gasteiger partial charge in [0.15, 0.2) is 0 Å². The third-order valence-corrected chi connectivity index (χ3v) is 4.02. The zero-order valence-electron chi connectivity index (χ0n) is 8.26. The number of nitrogens with one attached hydrogen (secondary N) is 1. The fraction of sp³-hybridized carbons (Fsp3) is 0.900. The summed E-state index contributed by atoms with van der Waals surface area (Å²) >= 11 is 0. The number of rotatable bonds is 4. The van der Waals surface area contributed by atoms with E-state index in [0.717, 1.165) is 25.7 Å². The summed E-state index contributed by atoms with van der Waals surface area (Å²) in [4.78, 5) is 10.9. The highest BCUT2D eigenvalue weighted by atomic mass is 16.4. The maximum atomic E-state index is 10.9. The molecule has 0 heterocycles. The molecule has 2 bridgehead atoms. The first-order valence-corrected chi connectivity index (χ1v) is 4.99. The number of carboxylic acid groups (broad SMARTS) is 1. The molecule has 0 radical (unpaired) electrons. The minimum atomic E-state index is -0.583. The number of hydrogen-bond acceptors (Lipinski definition) is 2. The molecule has 3 aliphatic rings. The first-order chi connectivity index (χ1) is 6.08. The summed E-state index contributed by atoms with van der Waals surface area (Å²) in [6.07, 6.45) is 3.80. The Balaban J connectivity index is 1.99. The lowest BCUT2D eigenvalue weighted by atomic mass is 9.33. The van der Waals surface area contributed by atoms with Gasteiger partial charge in [-0.3, -0.25) is 4.79 Å². The summed E-state index contributed by atoms with van der Waals surface area (Å²) < 4.78 is 0. The molecule has 0 aromatic rings. The molecule has 1 atom stereocenters. The normalized spacial score (nSPS) is 43.2. The van der Waals surface area contributed by atoms with Crippen LogP contribution < -0.4 is 5.32 Å². The van der Waals surface area contributed by atoms with Gasteiger partial charge in [0.2, 0.25) is 0 Å². The molecule has 0 spiro atoms. The number of carboxylic acids is 1. The average molecular weight is 183 g/mol. The lowest BCUT2D eigenvalue weighted by molar-refractivity contribution is -0.233. The van der Waals surface area contributed by atoms with E-state index in [1.54, 1.807) is 0 Å². The Labute approximate surface area is 78.5 Å². The van der Waals surface area contributed by atoms with Gasteiger partial charge in [-0.15, -0.1) is 0 Å². The van der Waals surface area contributed by atoms with Gasteiger partial charge in [0, 0.05) is 6.04 Å². The Morgan fingerprint density at radius 1 is 1.54 bits per heavy atom. The van der Waals surface area contributed by atoms with Crippen molar-refractivity contribution in [1.82, 2.24) is 5.32 Å². The van der Waals surface area contributed by atoms with Gasteiger partial charge in [0.05, 0.1) is 5.41 Å². The van der Waals surface area contributed by atoms with Gasteiger partial charge in [-0.1, -0.05) is 6.92 Å². The van der Waals surface area contributed by atoms with Crippen LogP contribution in [0.3, 0.4) is 0 Å². The zero-order chi connectivity index (χ0) is 9.69. The second-order valence-corrected chi connectivity index (χ2v) is 4.73. The molecule has 3 fully saturated rings. The largest absolute Gasteiger partial charge is 0.481 e. The Kier molecular flexibility index (Phi) is 1.71. The van der Waals surface area contributed by atoms with Crippen molar-refractivity contribution in [3.8, 4) is 0 Å². The van der Waals surface area contributed by atoms with Gasteiger partial charge in [-0.25, -0.2) is 0 Å². The second kappa shape index (κ2) is 2.47. The van der Waals surface area contributed by atoms with E-state index in [-0.39, 0.29) is 5.41 Å². The van der Waals surface area contributed by atoms with Crippen molar-refractivity contribution in [3.63, 3.8) is 0 Å². The molecule has 3 aliphatic carbocycles. The standard InChI is InChI=1S/C10H17NO2/c1-3-7(11-2)9-4-10(5-9,6-9)8(12)13/h7,11H,3-6H2,1-2H3,(H,12,13)/t7-,9?,10?/m1/s1. The number of carbonyl (C=O) groups is 1. The Morgan fingerprint density at radius 3 is 2.38 bits per heavy atom. The van der Waals surface area contributed by atoms with E-state index in [9.17, 15) is 4.79 Å². The molecule has 0 unspecified atom stereocenters. The monoisotopic (exact) mass is 183 g/mol. The van der Waals surface area contributed by atoms with Crippen LogP contribution >= 0.6 is 0 Å². The lowest BCUT2D eigenvalue weighted by Gasteiger charge is -2.71. The highest BCUT2D eigenvalue weighted by molar-refractivity contribution is 5.79. The van der Waals surface area contributed by atoms with Gasteiger partial charge in [0.1, 0.15) is 0 Å². The van der Waals surface area contributed by atoms with Crippen molar-refractivity contribution < 1.29 is 9.90 Å². The van der Waals surface area contributed by atoms with Crippen LogP contribution in [0.15, 0.2) is 0 Å². The highest BCUT2D eigenvalue weighted by Crippen LogP contribution is 2.74. The fourth-order valence-corrected chi connectivity index (χ4v) is 3.41. The summed E-state index contributed by atoms with van der Waals surface area (Å²) in [7, 11) is 1.97. The van der Waals surface area contributed by atoms with Crippen molar-refractivity contribution in [1.29, 1.82) is 0 Å². The number of hydrogen-bond donors (Lipinski definition) is 2.